The lowest BCUT2D eigenvalue weighted by molar-refractivity contribution is 0.572. The molecule has 0 radical (unpaired) electrons. The average molecular weight is 497 g/mol. The maximum Gasteiger partial charge on any atom is 0.226 e. The molecule has 0 spiro atoms. The van der Waals surface area contributed by atoms with Crippen LogP contribution in [0.25, 0.3) is 11.5 Å². The molecule has 0 aliphatic rings. The van der Waals surface area contributed by atoms with Crippen LogP contribution < -0.4 is 10.6 Å². The lowest BCUT2D eigenvalue weighted by atomic mass is 10.1. The standard InChI is InChI=1S/C19H23N5OS.HI/c1-4-17-23-16(12-26-17)10-22-19(20-3)21-9-15-11-25-18(24-15)14-7-5-13(2)6-8-14;/h5-8,11-12H,4,9-10H2,1-3H3,(H2,20,21,22);1H. The molecular formula is C19H24IN5OS. The third-order valence-corrected chi connectivity index (χ3v) is 4.89. The van der Waals surface area contributed by atoms with E-state index >= 15 is 0 Å². The number of guanidine groups is 1. The molecule has 144 valence electrons. The first kappa shape index (κ1) is 21.4. The predicted octanol–water partition coefficient (Wildman–Crippen LogP) is 4.15. The number of halogens is 1. The first-order chi connectivity index (χ1) is 12.7. The summed E-state index contributed by atoms with van der Waals surface area (Å²) in [6, 6.07) is 8.12. The molecule has 27 heavy (non-hydrogen) atoms. The van der Waals surface area contributed by atoms with Crippen molar-refractivity contribution in [2.75, 3.05) is 7.05 Å². The maximum atomic E-state index is 5.58. The Balaban J connectivity index is 0.00000261. The number of benzene rings is 1. The Labute approximate surface area is 180 Å². The summed E-state index contributed by atoms with van der Waals surface area (Å²) in [6.07, 6.45) is 2.64. The summed E-state index contributed by atoms with van der Waals surface area (Å²) in [7, 11) is 1.74. The van der Waals surface area contributed by atoms with E-state index in [-0.39, 0.29) is 24.0 Å². The Morgan fingerprint density at radius 1 is 1.11 bits per heavy atom. The highest BCUT2D eigenvalue weighted by Gasteiger charge is 2.08. The van der Waals surface area contributed by atoms with E-state index in [9.17, 15) is 0 Å². The summed E-state index contributed by atoms with van der Waals surface area (Å²) < 4.78 is 5.58. The lowest BCUT2D eigenvalue weighted by Crippen LogP contribution is -2.36. The van der Waals surface area contributed by atoms with Crippen LogP contribution in [0.4, 0.5) is 0 Å². The number of hydrogen-bond donors (Lipinski definition) is 2. The van der Waals surface area contributed by atoms with Crippen LogP contribution in [0.2, 0.25) is 0 Å². The second-order valence-corrected chi connectivity index (χ2v) is 6.82. The Morgan fingerprint density at radius 3 is 2.44 bits per heavy atom. The number of aliphatic imine (C=N–C) groups is 1. The zero-order valence-corrected chi connectivity index (χ0v) is 18.8. The summed E-state index contributed by atoms with van der Waals surface area (Å²) in [5.41, 5.74) is 4.03. The van der Waals surface area contributed by atoms with Crippen LogP contribution in [0.1, 0.15) is 28.9 Å². The number of aromatic nitrogens is 2. The van der Waals surface area contributed by atoms with Gasteiger partial charge in [0.1, 0.15) is 6.26 Å². The zero-order valence-electron chi connectivity index (χ0n) is 15.7. The van der Waals surface area contributed by atoms with Crippen LogP contribution in [0.3, 0.4) is 0 Å². The molecule has 0 atom stereocenters. The van der Waals surface area contributed by atoms with E-state index < -0.39 is 0 Å². The fourth-order valence-electron chi connectivity index (χ4n) is 2.38. The summed E-state index contributed by atoms with van der Waals surface area (Å²) in [4.78, 5) is 13.3. The summed E-state index contributed by atoms with van der Waals surface area (Å²) >= 11 is 1.69. The van der Waals surface area contributed by atoms with Gasteiger partial charge < -0.3 is 15.1 Å². The van der Waals surface area contributed by atoms with Gasteiger partial charge in [0.25, 0.3) is 0 Å². The SMILES string of the molecule is CCc1nc(CNC(=NC)NCc2coc(-c3ccc(C)cc3)n2)cs1.I. The molecule has 0 aliphatic heterocycles. The van der Waals surface area contributed by atoms with Gasteiger partial charge >= 0.3 is 0 Å². The molecule has 0 bridgehead atoms. The third kappa shape index (κ3) is 6.03. The molecule has 3 aromatic rings. The van der Waals surface area contributed by atoms with Crippen LogP contribution >= 0.6 is 35.3 Å². The summed E-state index contributed by atoms with van der Waals surface area (Å²) in [5.74, 6) is 1.33. The van der Waals surface area contributed by atoms with Crippen molar-refractivity contribution < 1.29 is 4.42 Å². The Hall–Kier alpha value is -1.94. The number of nitrogens with one attached hydrogen (secondary N) is 2. The molecule has 2 aromatic heterocycles. The van der Waals surface area contributed by atoms with Crippen molar-refractivity contribution >= 4 is 41.3 Å². The van der Waals surface area contributed by atoms with Gasteiger partial charge in [-0.1, -0.05) is 24.6 Å². The topological polar surface area (TPSA) is 75.3 Å². The minimum absolute atomic E-state index is 0. The van der Waals surface area contributed by atoms with E-state index in [1.807, 2.05) is 24.3 Å². The van der Waals surface area contributed by atoms with Gasteiger partial charge in [-0.05, 0) is 25.5 Å². The van der Waals surface area contributed by atoms with E-state index in [2.05, 4.69) is 44.8 Å². The first-order valence-electron chi connectivity index (χ1n) is 8.57. The van der Waals surface area contributed by atoms with Crippen LogP contribution in [-0.2, 0) is 19.5 Å². The normalized spacial score (nSPS) is 11.1. The Kier molecular flexibility index (Phi) is 8.23. The monoisotopic (exact) mass is 497 g/mol. The van der Waals surface area contributed by atoms with Crippen molar-refractivity contribution in [3.8, 4) is 11.5 Å². The van der Waals surface area contributed by atoms with Gasteiger partial charge in [-0.25, -0.2) is 9.97 Å². The van der Waals surface area contributed by atoms with Gasteiger partial charge in [0.2, 0.25) is 5.89 Å². The van der Waals surface area contributed by atoms with Crippen molar-refractivity contribution in [1.29, 1.82) is 0 Å². The number of thiazole rings is 1. The van der Waals surface area contributed by atoms with Crippen molar-refractivity contribution in [2.24, 2.45) is 4.99 Å². The highest BCUT2D eigenvalue weighted by molar-refractivity contribution is 14.0. The van der Waals surface area contributed by atoms with E-state index in [0.29, 0.717) is 24.9 Å². The predicted molar refractivity (Wildman–Crippen MR) is 121 cm³/mol. The largest absolute Gasteiger partial charge is 0.444 e. The molecule has 0 fully saturated rings. The quantitative estimate of drug-likeness (QED) is 0.304. The summed E-state index contributed by atoms with van der Waals surface area (Å²) in [5, 5.41) is 9.73. The molecule has 0 saturated carbocycles. The molecular weight excluding hydrogens is 473 g/mol. The van der Waals surface area contributed by atoms with E-state index in [1.165, 1.54) is 5.56 Å². The molecule has 2 heterocycles. The van der Waals surface area contributed by atoms with Gasteiger partial charge in [-0.3, -0.25) is 4.99 Å². The van der Waals surface area contributed by atoms with Crippen LogP contribution in [0.15, 0.2) is 45.3 Å². The Bertz CT molecular complexity index is 872. The molecule has 0 amide bonds. The molecule has 3 rings (SSSR count). The number of hydrogen-bond acceptors (Lipinski definition) is 5. The smallest absolute Gasteiger partial charge is 0.226 e. The van der Waals surface area contributed by atoms with Crippen molar-refractivity contribution in [2.45, 2.75) is 33.4 Å². The van der Waals surface area contributed by atoms with Crippen molar-refractivity contribution in [3.63, 3.8) is 0 Å². The molecule has 2 N–H and O–H groups in total. The maximum absolute atomic E-state index is 5.58. The molecule has 0 aliphatic carbocycles. The number of nitrogens with zero attached hydrogens (tertiary/aromatic N) is 3. The molecule has 8 heteroatoms. The van der Waals surface area contributed by atoms with Gasteiger partial charge in [-0.2, -0.15) is 0 Å². The summed E-state index contributed by atoms with van der Waals surface area (Å²) in [6.45, 7) is 5.34. The van der Waals surface area contributed by atoms with E-state index in [4.69, 9.17) is 4.42 Å². The third-order valence-electron chi connectivity index (χ3n) is 3.85. The minimum Gasteiger partial charge on any atom is -0.444 e. The number of aryl methyl sites for hydroxylation is 2. The highest BCUT2D eigenvalue weighted by atomic mass is 127. The second kappa shape index (κ2) is 10.4. The fraction of sp³-hybridized carbons (Fsp3) is 0.316. The van der Waals surface area contributed by atoms with Gasteiger partial charge in [-0.15, -0.1) is 35.3 Å². The lowest BCUT2D eigenvalue weighted by Gasteiger charge is -2.09. The van der Waals surface area contributed by atoms with Crippen LogP contribution in [0.5, 0.6) is 0 Å². The van der Waals surface area contributed by atoms with Gasteiger partial charge in [0, 0.05) is 18.0 Å². The van der Waals surface area contributed by atoms with Gasteiger partial charge in [0.15, 0.2) is 5.96 Å². The van der Waals surface area contributed by atoms with Gasteiger partial charge in [0.05, 0.1) is 29.5 Å². The van der Waals surface area contributed by atoms with E-state index in [1.54, 1.807) is 24.6 Å². The second-order valence-electron chi connectivity index (χ2n) is 5.88. The van der Waals surface area contributed by atoms with Crippen LogP contribution in [0, 0.1) is 6.92 Å². The zero-order chi connectivity index (χ0) is 18.4. The molecule has 1 aromatic carbocycles. The fourth-order valence-corrected chi connectivity index (χ4v) is 3.12. The van der Waals surface area contributed by atoms with E-state index in [0.717, 1.165) is 28.4 Å². The first-order valence-corrected chi connectivity index (χ1v) is 9.45. The number of rotatable bonds is 6. The highest BCUT2D eigenvalue weighted by Crippen LogP contribution is 2.19. The van der Waals surface area contributed by atoms with Crippen molar-refractivity contribution in [3.05, 3.63) is 57.9 Å². The Morgan fingerprint density at radius 2 is 1.81 bits per heavy atom. The molecule has 0 saturated heterocycles. The van der Waals surface area contributed by atoms with Crippen molar-refractivity contribution in [1.82, 2.24) is 20.6 Å². The van der Waals surface area contributed by atoms with Crippen LogP contribution in [-0.4, -0.2) is 23.0 Å². The molecule has 6 nitrogen and oxygen atoms in total. The average Bonchev–Trinajstić information content (AvgIpc) is 3.32. The number of oxazole rings is 1. The molecule has 0 unspecified atom stereocenters. The minimum atomic E-state index is 0.